The lowest BCUT2D eigenvalue weighted by molar-refractivity contribution is -0.145. The van der Waals surface area contributed by atoms with Crippen LogP contribution in [0, 0.1) is 0 Å². The lowest BCUT2D eigenvalue weighted by Gasteiger charge is -2.38. The SMILES string of the molecule is CC(C)NC(=O)C1(Cc2ccccc2-c2ccncc2)CCCN1C(=O)Cc1cccnc1. The summed E-state index contributed by atoms with van der Waals surface area (Å²) in [6, 6.07) is 15.8. The molecule has 2 amide bonds. The molecule has 1 aromatic carbocycles. The fraction of sp³-hybridized carbons (Fsp3) is 0.333. The maximum absolute atomic E-state index is 13.7. The molecule has 1 aliphatic rings. The summed E-state index contributed by atoms with van der Waals surface area (Å²) in [5.74, 6) is -0.125. The minimum Gasteiger partial charge on any atom is -0.352 e. The zero-order valence-electron chi connectivity index (χ0n) is 19.2. The largest absolute Gasteiger partial charge is 0.352 e. The van der Waals surface area contributed by atoms with Gasteiger partial charge in [-0.1, -0.05) is 30.3 Å². The highest BCUT2D eigenvalue weighted by molar-refractivity contribution is 5.93. The van der Waals surface area contributed by atoms with Gasteiger partial charge in [-0.25, -0.2) is 0 Å². The number of pyridine rings is 2. The lowest BCUT2D eigenvalue weighted by Crippen LogP contribution is -2.60. The van der Waals surface area contributed by atoms with Gasteiger partial charge in [0.1, 0.15) is 5.54 Å². The number of hydrogen-bond donors (Lipinski definition) is 1. The molecule has 1 unspecified atom stereocenters. The van der Waals surface area contributed by atoms with Crippen LogP contribution in [-0.2, 0) is 22.4 Å². The highest BCUT2D eigenvalue weighted by Crippen LogP contribution is 2.36. The maximum atomic E-state index is 13.7. The van der Waals surface area contributed by atoms with Crippen LogP contribution >= 0.6 is 0 Å². The number of carbonyl (C=O) groups is 2. The molecule has 4 rings (SSSR count). The predicted molar refractivity (Wildman–Crippen MR) is 128 cm³/mol. The molecule has 3 aromatic rings. The fourth-order valence-corrected chi connectivity index (χ4v) is 4.71. The quantitative estimate of drug-likeness (QED) is 0.604. The van der Waals surface area contributed by atoms with E-state index in [1.165, 1.54) is 0 Å². The average molecular weight is 443 g/mol. The molecule has 6 nitrogen and oxygen atoms in total. The summed E-state index contributed by atoms with van der Waals surface area (Å²) in [7, 11) is 0. The van der Waals surface area contributed by atoms with Crippen molar-refractivity contribution in [1.82, 2.24) is 20.2 Å². The van der Waals surface area contributed by atoms with E-state index in [0.29, 0.717) is 19.4 Å². The monoisotopic (exact) mass is 442 g/mol. The van der Waals surface area contributed by atoms with E-state index in [9.17, 15) is 9.59 Å². The molecule has 170 valence electrons. The second kappa shape index (κ2) is 9.94. The first kappa shape index (κ1) is 22.6. The van der Waals surface area contributed by atoms with E-state index in [0.717, 1.165) is 28.7 Å². The van der Waals surface area contributed by atoms with Gasteiger partial charge < -0.3 is 10.2 Å². The van der Waals surface area contributed by atoms with Crippen molar-refractivity contribution in [3.8, 4) is 11.1 Å². The third-order valence-corrected chi connectivity index (χ3v) is 6.20. The molecule has 0 saturated carbocycles. The van der Waals surface area contributed by atoms with Gasteiger partial charge in [-0.15, -0.1) is 0 Å². The van der Waals surface area contributed by atoms with Gasteiger partial charge >= 0.3 is 0 Å². The Morgan fingerprint density at radius 1 is 1.03 bits per heavy atom. The van der Waals surface area contributed by atoms with Crippen LogP contribution in [0.25, 0.3) is 11.1 Å². The van der Waals surface area contributed by atoms with E-state index in [1.807, 2.05) is 50.2 Å². The minimum atomic E-state index is -0.924. The van der Waals surface area contributed by atoms with Crippen molar-refractivity contribution >= 4 is 11.8 Å². The first-order valence-electron chi connectivity index (χ1n) is 11.5. The van der Waals surface area contributed by atoms with Gasteiger partial charge in [-0.3, -0.25) is 19.6 Å². The molecular formula is C27H30N4O2. The molecule has 0 bridgehead atoms. The van der Waals surface area contributed by atoms with Crippen LogP contribution in [0.3, 0.4) is 0 Å². The summed E-state index contributed by atoms with van der Waals surface area (Å²) >= 11 is 0. The van der Waals surface area contributed by atoms with Crippen molar-refractivity contribution in [1.29, 1.82) is 0 Å². The zero-order chi connectivity index (χ0) is 23.3. The molecule has 1 saturated heterocycles. The van der Waals surface area contributed by atoms with E-state index in [-0.39, 0.29) is 24.3 Å². The van der Waals surface area contributed by atoms with Crippen molar-refractivity contribution in [2.75, 3.05) is 6.54 Å². The van der Waals surface area contributed by atoms with Crippen LogP contribution in [0.4, 0.5) is 0 Å². The molecule has 0 radical (unpaired) electrons. The Kier molecular flexibility index (Phi) is 6.82. The van der Waals surface area contributed by atoms with Crippen molar-refractivity contribution in [2.24, 2.45) is 0 Å². The van der Waals surface area contributed by atoms with Crippen LogP contribution in [0.1, 0.15) is 37.8 Å². The first-order valence-corrected chi connectivity index (χ1v) is 11.5. The highest BCUT2D eigenvalue weighted by Gasteiger charge is 2.49. The number of aromatic nitrogens is 2. The molecule has 0 aliphatic carbocycles. The Morgan fingerprint density at radius 3 is 2.55 bits per heavy atom. The summed E-state index contributed by atoms with van der Waals surface area (Å²) in [4.78, 5) is 37.2. The topological polar surface area (TPSA) is 75.2 Å². The fourth-order valence-electron chi connectivity index (χ4n) is 4.71. The number of amides is 2. The van der Waals surface area contributed by atoms with Crippen LogP contribution in [-0.4, -0.2) is 44.8 Å². The maximum Gasteiger partial charge on any atom is 0.246 e. The Bertz CT molecular complexity index is 1100. The summed E-state index contributed by atoms with van der Waals surface area (Å²) in [6.45, 7) is 4.47. The van der Waals surface area contributed by atoms with Crippen molar-refractivity contribution in [3.05, 3.63) is 84.4 Å². The Morgan fingerprint density at radius 2 is 1.82 bits per heavy atom. The van der Waals surface area contributed by atoms with Crippen molar-refractivity contribution in [3.63, 3.8) is 0 Å². The van der Waals surface area contributed by atoms with Crippen LogP contribution in [0.15, 0.2) is 73.3 Å². The second-order valence-corrected chi connectivity index (χ2v) is 8.92. The highest BCUT2D eigenvalue weighted by atomic mass is 16.2. The molecule has 1 N–H and O–H groups in total. The van der Waals surface area contributed by atoms with E-state index in [1.54, 1.807) is 29.7 Å². The van der Waals surface area contributed by atoms with Gasteiger partial charge in [0.05, 0.1) is 6.42 Å². The Hall–Kier alpha value is -3.54. The molecular weight excluding hydrogens is 412 g/mol. The van der Waals surface area contributed by atoms with Crippen LogP contribution < -0.4 is 5.32 Å². The normalized spacial score (nSPS) is 17.8. The molecule has 2 aromatic heterocycles. The third kappa shape index (κ3) is 4.95. The second-order valence-electron chi connectivity index (χ2n) is 8.92. The molecule has 33 heavy (non-hydrogen) atoms. The number of hydrogen-bond acceptors (Lipinski definition) is 4. The van der Waals surface area contributed by atoms with Gasteiger partial charge in [-0.05, 0) is 67.1 Å². The van der Waals surface area contributed by atoms with Crippen molar-refractivity contribution < 1.29 is 9.59 Å². The standard InChI is InChI=1S/C27H30N4O2/c1-20(2)30-26(33)27(12-6-16-31(27)25(32)17-21-7-5-13-29-19-21)18-23-8-3-4-9-24(23)22-10-14-28-15-11-22/h3-5,7-11,13-15,19-20H,6,12,16-18H2,1-2H3,(H,30,33). The van der Waals surface area contributed by atoms with Gasteiger partial charge in [-0.2, -0.15) is 0 Å². The Balaban J connectivity index is 1.71. The number of likely N-dealkylation sites (tertiary alicyclic amines) is 1. The average Bonchev–Trinajstić information content (AvgIpc) is 3.25. The van der Waals surface area contributed by atoms with Crippen LogP contribution in [0.2, 0.25) is 0 Å². The molecule has 1 aliphatic heterocycles. The van der Waals surface area contributed by atoms with Gasteiger partial charge in [0.2, 0.25) is 11.8 Å². The molecule has 1 fully saturated rings. The number of benzene rings is 1. The Labute approximate surface area is 195 Å². The molecule has 1 atom stereocenters. The van der Waals surface area contributed by atoms with Crippen molar-refractivity contribution in [2.45, 2.75) is 51.1 Å². The van der Waals surface area contributed by atoms with E-state index in [2.05, 4.69) is 27.4 Å². The van der Waals surface area contributed by atoms with E-state index < -0.39 is 5.54 Å². The number of carbonyl (C=O) groups excluding carboxylic acids is 2. The van der Waals surface area contributed by atoms with Crippen LogP contribution in [0.5, 0.6) is 0 Å². The summed E-state index contributed by atoms with van der Waals surface area (Å²) < 4.78 is 0. The third-order valence-electron chi connectivity index (χ3n) is 6.20. The summed E-state index contributed by atoms with van der Waals surface area (Å²) in [6.07, 6.45) is 9.07. The lowest BCUT2D eigenvalue weighted by atomic mass is 9.83. The first-order chi connectivity index (χ1) is 16.0. The summed E-state index contributed by atoms with van der Waals surface area (Å²) in [5, 5.41) is 3.10. The van der Waals surface area contributed by atoms with Gasteiger partial charge in [0.15, 0.2) is 0 Å². The van der Waals surface area contributed by atoms with Gasteiger partial charge in [0.25, 0.3) is 0 Å². The summed E-state index contributed by atoms with van der Waals surface area (Å²) in [5.41, 5.74) is 3.08. The predicted octanol–water partition coefficient (Wildman–Crippen LogP) is 3.81. The minimum absolute atomic E-state index is 0.0132. The number of nitrogens with one attached hydrogen (secondary N) is 1. The molecule has 3 heterocycles. The molecule has 6 heteroatoms. The molecule has 0 spiro atoms. The van der Waals surface area contributed by atoms with Gasteiger partial charge in [0, 0.05) is 43.8 Å². The van der Waals surface area contributed by atoms with E-state index >= 15 is 0 Å². The number of rotatable bonds is 7. The zero-order valence-corrected chi connectivity index (χ0v) is 19.2. The van der Waals surface area contributed by atoms with E-state index in [4.69, 9.17) is 0 Å². The smallest absolute Gasteiger partial charge is 0.246 e. The number of nitrogens with zero attached hydrogens (tertiary/aromatic N) is 3.